The van der Waals surface area contributed by atoms with Gasteiger partial charge in [0.05, 0.1) is 36.7 Å². The first-order valence-electron chi connectivity index (χ1n) is 10.7. The summed E-state index contributed by atoms with van der Waals surface area (Å²) in [6.07, 6.45) is 1.48. The SMILES string of the molecule is CN(c1cc(Br)cc2cc(C3=NCC(CN4CCOCC4)S3)[nH]c12)S(=O)(=O)c1ccccn1. The average Bonchev–Trinajstić information content (AvgIpc) is 3.46. The molecule has 11 heteroatoms. The third-order valence-electron chi connectivity index (χ3n) is 5.79. The number of ether oxygens (including phenoxy) is 1. The maximum absolute atomic E-state index is 13.2. The number of nitrogens with zero attached hydrogens (tertiary/aromatic N) is 4. The lowest BCUT2D eigenvalue weighted by Gasteiger charge is -2.28. The summed E-state index contributed by atoms with van der Waals surface area (Å²) in [4.78, 5) is 14.7. The van der Waals surface area contributed by atoms with Crippen molar-refractivity contribution in [1.82, 2.24) is 14.9 Å². The summed E-state index contributed by atoms with van der Waals surface area (Å²) in [6, 6.07) is 10.7. The van der Waals surface area contributed by atoms with Crippen LogP contribution in [0.5, 0.6) is 0 Å². The molecule has 2 aliphatic heterocycles. The van der Waals surface area contributed by atoms with E-state index in [0.717, 1.165) is 65.5 Å². The fraction of sp³-hybridized carbons (Fsp3) is 0.364. The minimum absolute atomic E-state index is 0.00841. The Labute approximate surface area is 205 Å². The second kappa shape index (κ2) is 9.38. The van der Waals surface area contributed by atoms with Gasteiger partial charge in [-0.2, -0.15) is 8.42 Å². The van der Waals surface area contributed by atoms with Gasteiger partial charge in [-0.05, 0) is 30.3 Å². The molecule has 3 aromatic rings. The number of nitrogens with one attached hydrogen (secondary N) is 1. The van der Waals surface area contributed by atoms with E-state index in [2.05, 4.69) is 30.8 Å². The zero-order chi connectivity index (χ0) is 23.0. The Hall–Kier alpha value is -1.92. The Morgan fingerprint density at radius 2 is 2.09 bits per heavy atom. The number of fused-ring (bicyclic) bond motifs is 1. The summed E-state index contributed by atoms with van der Waals surface area (Å²) in [5, 5.41) is 2.29. The summed E-state index contributed by atoms with van der Waals surface area (Å²) in [6.45, 7) is 5.28. The Bertz CT molecular complexity index is 1290. The number of halogens is 1. The predicted molar refractivity (Wildman–Crippen MR) is 136 cm³/mol. The Morgan fingerprint density at radius 3 is 2.85 bits per heavy atom. The van der Waals surface area contributed by atoms with Crippen LogP contribution in [0.3, 0.4) is 0 Å². The number of sulfonamides is 1. The van der Waals surface area contributed by atoms with Gasteiger partial charge in [-0.15, -0.1) is 0 Å². The fourth-order valence-electron chi connectivity index (χ4n) is 4.05. The van der Waals surface area contributed by atoms with Gasteiger partial charge in [-0.3, -0.25) is 14.2 Å². The monoisotopic (exact) mass is 549 g/mol. The molecular formula is C22H24BrN5O3S2. The molecule has 5 rings (SSSR count). The Morgan fingerprint density at radius 1 is 1.27 bits per heavy atom. The highest BCUT2D eigenvalue weighted by molar-refractivity contribution is 9.10. The third-order valence-corrected chi connectivity index (χ3v) is 9.14. The summed E-state index contributed by atoms with van der Waals surface area (Å²) in [5.74, 6) is 0. The van der Waals surface area contributed by atoms with Crippen molar-refractivity contribution in [3.63, 3.8) is 0 Å². The van der Waals surface area contributed by atoms with Crippen LogP contribution < -0.4 is 4.31 Å². The minimum atomic E-state index is -3.80. The standard InChI is InChI=1S/C22H24BrN5O3S2/c1-27(33(29,30)20-4-2-3-5-24-20)19-12-16(23)10-15-11-18(26-21(15)19)22-25-13-17(32-22)14-28-6-8-31-9-7-28/h2-5,10-12,17,26H,6-9,13-14H2,1H3. The summed E-state index contributed by atoms with van der Waals surface area (Å²) in [5.41, 5.74) is 2.20. The summed E-state index contributed by atoms with van der Waals surface area (Å²) >= 11 is 5.31. The van der Waals surface area contributed by atoms with Gasteiger partial charge in [-0.25, -0.2) is 4.98 Å². The van der Waals surface area contributed by atoms with E-state index in [9.17, 15) is 8.42 Å². The molecule has 0 spiro atoms. The largest absolute Gasteiger partial charge is 0.379 e. The molecule has 1 atom stereocenters. The van der Waals surface area contributed by atoms with Crippen molar-refractivity contribution >= 4 is 59.3 Å². The number of aromatic amines is 1. The molecule has 0 amide bonds. The van der Waals surface area contributed by atoms with Crippen molar-refractivity contribution in [2.45, 2.75) is 10.3 Å². The van der Waals surface area contributed by atoms with Crippen LogP contribution in [0.2, 0.25) is 0 Å². The van der Waals surface area contributed by atoms with Crippen LogP contribution in [0, 0.1) is 0 Å². The van der Waals surface area contributed by atoms with Crippen LogP contribution in [0.15, 0.2) is 57.1 Å². The van der Waals surface area contributed by atoms with Crippen LogP contribution in [-0.4, -0.2) is 80.0 Å². The number of aliphatic imine (C=N–C) groups is 1. The van der Waals surface area contributed by atoms with Crippen LogP contribution in [-0.2, 0) is 14.8 Å². The fourth-order valence-corrected chi connectivity index (χ4v) is 6.78. The van der Waals surface area contributed by atoms with Gasteiger partial charge in [0.15, 0.2) is 5.03 Å². The van der Waals surface area contributed by atoms with Gasteiger partial charge in [-0.1, -0.05) is 33.8 Å². The molecular weight excluding hydrogens is 526 g/mol. The van der Waals surface area contributed by atoms with Gasteiger partial charge in [0, 0.05) is 48.0 Å². The number of pyridine rings is 1. The molecule has 174 valence electrons. The molecule has 1 aromatic carbocycles. The number of rotatable bonds is 6. The normalized spacial score (nSPS) is 19.7. The van der Waals surface area contributed by atoms with E-state index in [1.54, 1.807) is 37.0 Å². The van der Waals surface area contributed by atoms with Crippen LogP contribution in [0.1, 0.15) is 5.69 Å². The van der Waals surface area contributed by atoms with Gasteiger partial charge >= 0.3 is 0 Å². The van der Waals surface area contributed by atoms with Gasteiger partial charge in [0.25, 0.3) is 10.0 Å². The van der Waals surface area contributed by atoms with E-state index in [-0.39, 0.29) is 5.03 Å². The molecule has 1 fully saturated rings. The lowest BCUT2D eigenvalue weighted by atomic mass is 10.2. The highest BCUT2D eigenvalue weighted by atomic mass is 79.9. The van der Waals surface area contributed by atoms with Crippen molar-refractivity contribution in [3.05, 3.63) is 52.8 Å². The summed E-state index contributed by atoms with van der Waals surface area (Å²) in [7, 11) is -2.26. The van der Waals surface area contributed by atoms with Crippen LogP contribution >= 0.6 is 27.7 Å². The zero-order valence-corrected chi connectivity index (χ0v) is 21.3. The molecule has 0 saturated carbocycles. The topological polar surface area (TPSA) is 90.9 Å². The second-order valence-electron chi connectivity index (χ2n) is 8.01. The highest BCUT2D eigenvalue weighted by Gasteiger charge is 2.27. The lowest BCUT2D eigenvalue weighted by molar-refractivity contribution is 0.0385. The van der Waals surface area contributed by atoms with Crippen molar-refractivity contribution in [1.29, 1.82) is 0 Å². The van der Waals surface area contributed by atoms with Crippen molar-refractivity contribution in [2.24, 2.45) is 4.99 Å². The Balaban J connectivity index is 1.41. The zero-order valence-electron chi connectivity index (χ0n) is 18.1. The highest BCUT2D eigenvalue weighted by Crippen LogP contribution is 2.35. The van der Waals surface area contributed by atoms with Crippen molar-refractivity contribution < 1.29 is 13.2 Å². The van der Waals surface area contributed by atoms with Crippen LogP contribution in [0.4, 0.5) is 5.69 Å². The molecule has 4 heterocycles. The maximum Gasteiger partial charge on any atom is 0.281 e. The quantitative estimate of drug-likeness (QED) is 0.507. The first-order valence-corrected chi connectivity index (χ1v) is 13.8. The number of aromatic nitrogens is 2. The number of anilines is 1. The molecule has 2 aromatic heterocycles. The van der Waals surface area contributed by atoms with E-state index >= 15 is 0 Å². The van der Waals surface area contributed by atoms with Gasteiger partial charge in [0.2, 0.25) is 0 Å². The van der Waals surface area contributed by atoms with E-state index in [1.165, 1.54) is 16.6 Å². The molecule has 8 nitrogen and oxygen atoms in total. The smallest absolute Gasteiger partial charge is 0.281 e. The predicted octanol–water partition coefficient (Wildman–Crippen LogP) is 3.34. The van der Waals surface area contributed by atoms with Gasteiger partial charge in [0.1, 0.15) is 5.04 Å². The average molecular weight is 551 g/mol. The first-order chi connectivity index (χ1) is 15.9. The van der Waals surface area contributed by atoms with Crippen molar-refractivity contribution in [2.75, 3.05) is 50.7 Å². The second-order valence-corrected chi connectivity index (χ2v) is 12.1. The third kappa shape index (κ3) is 4.69. The number of hydrogen-bond acceptors (Lipinski definition) is 7. The van der Waals surface area contributed by atoms with E-state index in [1.807, 2.05) is 12.1 Å². The molecule has 0 bridgehead atoms. The number of benzene rings is 1. The van der Waals surface area contributed by atoms with E-state index in [0.29, 0.717) is 10.9 Å². The minimum Gasteiger partial charge on any atom is -0.379 e. The Kier molecular flexibility index (Phi) is 6.49. The molecule has 1 unspecified atom stereocenters. The molecule has 0 radical (unpaired) electrons. The number of H-pyrrole nitrogens is 1. The summed E-state index contributed by atoms with van der Waals surface area (Å²) < 4.78 is 33.9. The number of thioether (sulfide) groups is 1. The van der Waals surface area contributed by atoms with Gasteiger partial charge < -0.3 is 9.72 Å². The van der Waals surface area contributed by atoms with E-state index in [4.69, 9.17) is 9.73 Å². The lowest BCUT2D eigenvalue weighted by Crippen LogP contribution is -2.40. The molecule has 33 heavy (non-hydrogen) atoms. The molecule has 1 N–H and O–H groups in total. The van der Waals surface area contributed by atoms with E-state index < -0.39 is 10.0 Å². The first kappa shape index (κ1) is 22.9. The molecule has 1 saturated heterocycles. The van der Waals surface area contributed by atoms with Crippen molar-refractivity contribution in [3.8, 4) is 0 Å². The number of hydrogen-bond donors (Lipinski definition) is 1. The molecule has 0 aliphatic carbocycles. The number of morpholine rings is 1. The van der Waals surface area contributed by atoms with Crippen LogP contribution in [0.25, 0.3) is 10.9 Å². The molecule has 2 aliphatic rings. The maximum atomic E-state index is 13.2.